The van der Waals surface area contributed by atoms with Crippen molar-refractivity contribution in [1.29, 1.82) is 0 Å². The SMILES string of the molecule is CCCNC(=O)C(Cc1ccccc1)N(Cc1ccc(Cl)c(Cl)c1)C(=O)CN(c1ccc(I)cc1)S(C)(=O)=O. The molecule has 0 radical (unpaired) electrons. The molecule has 0 saturated carbocycles. The van der Waals surface area contributed by atoms with Gasteiger partial charge in [0, 0.05) is 23.1 Å². The molecule has 1 unspecified atom stereocenters. The highest BCUT2D eigenvalue weighted by Gasteiger charge is 2.33. The minimum Gasteiger partial charge on any atom is -0.354 e. The number of carbonyl (C=O) groups excluding carboxylic acids is 2. The summed E-state index contributed by atoms with van der Waals surface area (Å²) in [5.41, 5.74) is 1.87. The third kappa shape index (κ3) is 9.09. The zero-order valence-corrected chi connectivity index (χ0v) is 26.1. The van der Waals surface area contributed by atoms with E-state index < -0.39 is 28.5 Å². The van der Waals surface area contributed by atoms with E-state index in [1.807, 2.05) is 37.3 Å². The summed E-state index contributed by atoms with van der Waals surface area (Å²) in [6.45, 7) is 1.93. The number of rotatable bonds is 12. The number of halogens is 3. The monoisotopic (exact) mass is 701 g/mol. The minimum atomic E-state index is -3.82. The summed E-state index contributed by atoms with van der Waals surface area (Å²) < 4.78 is 27.6. The molecule has 0 saturated heterocycles. The highest BCUT2D eigenvalue weighted by molar-refractivity contribution is 14.1. The van der Waals surface area contributed by atoms with Crippen molar-refractivity contribution in [1.82, 2.24) is 10.2 Å². The average Bonchev–Trinajstić information content (AvgIpc) is 2.90. The lowest BCUT2D eigenvalue weighted by atomic mass is 10.0. The molecule has 0 aliphatic carbocycles. The topological polar surface area (TPSA) is 86.8 Å². The number of sulfonamides is 1. The molecule has 0 aromatic heterocycles. The smallest absolute Gasteiger partial charge is 0.244 e. The van der Waals surface area contributed by atoms with Crippen LogP contribution < -0.4 is 9.62 Å². The van der Waals surface area contributed by atoms with Crippen LogP contribution in [0.15, 0.2) is 72.8 Å². The van der Waals surface area contributed by atoms with Crippen LogP contribution in [0, 0.1) is 3.57 Å². The van der Waals surface area contributed by atoms with Gasteiger partial charge in [-0.3, -0.25) is 13.9 Å². The average molecular weight is 702 g/mol. The number of hydrogen-bond acceptors (Lipinski definition) is 4. The van der Waals surface area contributed by atoms with Crippen LogP contribution >= 0.6 is 45.8 Å². The largest absolute Gasteiger partial charge is 0.354 e. The van der Waals surface area contributed by atoms with Gasteiger partial charge in [-0.05, 0) is 76.5 Å². The maximum atomic E-state index is 14.0. The molecule has 0 spiro atoms. The fraction of sp³-hybridized carbons (Fsp3) is 0.286. The lowest BCUT2D eigenvalue weighted by Crippen LogP contribution is -2.53. The zero-order valence-electron chi connectivity index (χ0n) is 21.6. The van der Waals surface area contributed by atoms with Crippen LogP contribution in [0.1, 0.15) is 24.5 Å². The third-order valence-corrected chi connectivity index (χ3v) is 8.55. The summed E-state index contributed by atoms with van der Waals surface area (Å²) in [7, 11) is -3.82. The first-order chi connectivity index (χ1) is 18.5. The molecule has 39 heavy (non-hydrogen) atoms. The van der Waals surface area contributed by atoms with Gasteiger partial charge in [-0.25, -0.2) is 8.42 Å². The van der Waals surface area contributed by atoms with Crippen molar-refractivity contribution >= 4 is 73.3 Å². The van der Waals surface area contributed by atoms with Crippen LogP contribution in [0.4, 0.5) is 5.69 Å². The van der Waals surface area contributed by atoms with Gasteiger partial charge in [0.05, 0.1) is 22.0 Å². The van der Waals surface area contributed by atoms with Gasteiger partial charge < -0.3 is 10.2 Å². The van der Waals surface area contributed by atoms with Crippen molar-refractivity contribution in [3.63, 3.8) is 0 Å². The van der Waals surface area contributed by atoms with E-state index in [-0.39, 0.29) is 18.9 Å². The van der Waals surface area contributed by atoms with Crippen LogP contribution in [0.2, 0.25) is 10.0 Å². The van der Waals surface area contributed by atoms with E-state index in [1.54, 1.807) is 42.5 Å². The number of amides is 2. The Morgan fingerprint density at radius 3 is 2.21 bits per heavy atom. The van der Waals surface area contributed by atoms with Crippen LogP contribution in [0.25, 0.3) is 0 Å². The van der Waals surface area contributed by atoms with E-state index in [0.29, 0.717) is 27.8 Å². The Kier molecular flexibility index (Phi) is 11.5. The molecule has 11 heteroatoms. The van der Waals surface area contributed by atoms with Crippen molar-refractivity contribution in [2.45, 2.75) is 32.4 Å². The lowest BCUT2D eigenvalue weighted by Gasteiger charge is -2.33. The predicted octanol–water partition coefficient (Wildman–Crippen LogP) is 5.53. The number of hydrogen-bond donors (Lipinski definition) is 1. The minimum absolute atomic E-state index is 0.0249. The van der Waals surface area contributed by atoms with Gasteiger partial charge in [0.1, 0.15) is 12.6 Å². The second-order valence-corrected chi connectivity index (χ2v) is 13.0. The molecule has 7 nitrogen and oxygen atoms in total. The van der Waals surface area contributed by atoms with Gasteiger partial charge in [0.25, 0.3) is 0 Å². The number of nitrogens with one attached hydrogen (secondary N) is 1. The van der Waals surface area contributed by atoms with Crippen molar-refractivity contribution in [3.8, 4) is 0 Å². The van der Waals surface area contributed by atoms with Gasteiger partial charge in [0.15, 0.2) is 0 Å². The standard InChI is InChI=1S/C28H30Cl2IN3O4S/c1-3-15-32-28(36)26(17-20-7-5-4-6-8-20)33(18-21-9-14-24(29)25(30)16-21)27(35)19-34(39(2,37)38)23-12-10-22(31)11-13-23/h4-14,16,26H,3,15,17-19H2,1-2H3,(H,32,36). The Morgan fingerprint density at radius 2 is 1.62 bits per heavy atom. The van der Waals surface area contributed by atoms with Crippen LogP contribution in [0.3, 0.4) is 0 Å². The van der Waals surface area contributed by atoms with Crippen molar-refractivity contribution in [2.24, 2.45) is 0 Å². The third-order valence-electron chi connectivity index (χ3n) is 5.95. The van der Waals surface area contributed by atoms with Crippen molar-refractivity contribution in [3.05, 3.63) is 97.5 Å². The molecule has 3 aromatic rings. The second kappa shape index (κ2) is 14.3. The fourth-order valence-electron chi connectivity index (χ4n) is 3.98. The van der Waals surface area contributed by atoms with Crippen molar-refractivity contribution in [2.75, 3.05) is 23.7 Å². The normalized spacial score (nSPS) is 12.0. The summed E-state index contributed by atoms with van der Waals surface area (Å²) in [6, 6.07) is 20.3. The van der Waals surface area contributed by atoms with E-state index in [2.05, 4.69) is 27.9 Å². The predicted molar refractivity (Wildman–Crippen MR) is 166 cm³/mol. The first kappa shape index (κ1) is 31.2. The van der Waals surface area contributed by atoms with E-state index in [1.165, 1.54) is 4.90 Å². The van der Waals surface area contributed by atoms with E-state index in [0.717, 1.165) is 26.1 Å². The van der Waals surface area contributed by atoms with Crippen molar-refractivity contribution < 1.29 is 18.0 Å². The summed E-state index contributed by atoms with van der Waals surface area (Å²) in [6.07, 6.45) is 2.02. The Bertz CT molecular complexity index is 1390. The van der Waals surface area contributed by atoms with Gasteiger partial charge >= 0.3 is 0 Å². The number of anilines is 1. The van der Waals surface area contributed by atoms with E-state index >= 15 is 0 Å². The molecular formula is C28H30Cl2IN3O4S. The van der Waals surface area contributed by atoms with E-state index in [4.69, 9.17) is 23.2 Å². The molecule has 2 amide bonds. The number of carbonyl (C=O) groups is 2. The number of benzene rings is 3. The first-order valence-corrected chi connectivity index (χ1v) is 16.0. The Labute approximate surface area is 253 Å². The maximum Gasteiger partial charge on any atom is 0.244 e. The molecular weight excluding hydrogens is 672 g/mol. The molecule has 208 valence electrons. The highest BCUT2D eigenvalue weighted by Crippen LogP contribution is 2.25. The molecule has 3 rings (SSSR count). The molecule has 0 bridgehead atoms. The molecule has 0 heterocycles. The van der Waals surface area contributed by atoms with Crippen LogP contribution in [0.5, 0.6) is 0 Å². The zero-order chi connectivity index (χ0) is 28.6. The molecule has 0 fully saturated rings. The van der Waals surface area contributed by atoms with Gasteiger partial charge in [-0.1, -0.05) is 66.5 Å². The highest BCUT2D eigenvalue weighted by atomic mass is 127. The summed E-state index contributed by atoms with van der Waals surface area (Å²) in [5, 5.41) is 3.58. The second-order valence-electron chi connectivity index (χ2n) is 9.01. The summed E-state index contributed by atoms with van der Waals surface area (Å²) in [5.74, 6) is -0.855. The van der Waals surface area contributed by atoms with Gasteiger partial charge in [0.2, 0.25) is 21.8 Å². The molecule has 1 atom stereocenters. The quantitative estimate of drug-likeness (QED) is 0.252. The fourth-order valence-corrected chi connectivity index (χ4v) is 5.51. The van der Waals surface area contributed by atoms with Crippen LogP contribution in [-0.2, 0) is 32.6 Å². The lowest BCUT2D eigenvalue weighted by molar-refractivity contribution is -0.140. The summed E-state index contributed by atoms with van der Waals surface area (Å²) >= 11 is 14.5. The van der Waals surface area contributed by atoms with Gasteiger partial charge in [-0.15, -0.1) is 0 Å². The first-order valence-electron chi connectivity index (χ1n) is 12.3. The number of nitrogens with zero attached hydrogens (tertiary/aromatic N) is 2. The Balaban J connectivity index is 2.05. The van der Waals surface area contributed by atoms with E-state index in [9.17, 15) is 18.0 Å². The Hall–Kier alpha value is -2.34. The summed E-state index contributed by atoms with van der Waals surface area (Å²) in [4.78, 5) is 28.9. The molecule has 3 aromatic carbocycles. The molecule has 1 N–H and O–H groups in total. The van der Waals surface area contributed by atoms with Gasteiger partial charge in [-0.2, -0.15) is 0 Å². The maximum absolute atomic E-state index is 14.0. The Morgan fingerprint density at radius 1 is 0.949 bits per heavy atom. The van der Waals surface area contributed by atoms with Crippen LogP contribution in [-0.4, -0.2) is 50.5 Å². The molecule has 0 aliphatic heterocycles. The molecule has 0 aliphatic rings.